The molecule has 2 aromatic carbocycles. The van der Waals surface area contributed by atoms with E-state index in [4.69, 9.17) is 4.74 Å². The Morgan fingerprint density at radius 3 is 2.31 bits per heavy atom. The molecular formula is C29H38N4O6. The van der Waals surface area contributed by atoms with Gasteiger partial charge in [-0.15, -0.1) is 0 Å². The molecule has 0 fully saturated rings. The predicted octanol–water partition coefficient (Wildman–Crippen LogP) is 3.93. The maximum absolute atomic E-state index is 14.0. The van der Waals surface area contributed by atoms with Crippen LogP contribution in [-0.2, 0) is 20.7 Å². The Labute approximate surface area is 229 Å². The number of alkyl carbamates (subject to hydrolysis) is 1. The van der Waals surface area contributed by atoms with Crippen molar-refractivity contribution >= 4 is 17.9 Å². The molecule has 0 saturated carbocycles. The molecule has 0 aliphatic heterocycles. The first-order valence-electron chi connectivity index (χ1n) is 13.0. The summed E-state index contributed by atoms with van der Waals surface area (Å²) in [7, 11) is 0. The molecule has 0 aromatic heterocycles. The van der Waals surface area contributed by atoms with E-state index in [0.717, 1.165) is 24.2 Å². The van der Waals surface area contributed by atoms with E-state index in [1.54, 1.807) is 45.0 Å². The second-order valence-corrected chi connectivity index (χ2v) is 10.2. The van der Waals surface area contributed by atoms with E-state index in [9.17, 15) is 29.9 Å². The van der Waals surface area contributed by atoms with Crippen LogP contribution in [0.4, 0.5) is 4.79 Å². The molecule has 0 heterocycles. The van der Waals surface area contributed by atoms with Crippen LogP contribution in [0, 0.1) is 11.3 Å². The normalized spacial score (nSPS) is 12.5. The van der Waals surface area contributed by atoms with Crippen LogP contribution in [0.2, 0.25) is 0 Å². The van der Waals surface area contributed by atoms with Gasteiger partial charge < -0.3 is 30.5 Å². The molecule has 2 rings (SSSR count). The van der Waals surface area contributed by atoms with E-state index in [-0.39, 0.29) is 23.5 Å². The monoisotopic (exact) mass is 538 g/mol. The first-order chi connectivity index (χ1) is 18.5. The number of phenolic OH excluding ortho intramolecular Hbond substituents is 2. The maximum Gasteiger partial charge on any atom is 0.408 e. The smallest absolute Gasteiger partial charge is 0.408 e. The number of hydrogen-bond donors (Lipinski definition) is 4. The Morgan fingerprint density at radius 2 is 1.72 bits per heavy atom. The zero-order valence-electron chi connectivity index (χ0n) is 22.9. The number of hydrogen-bond acceptors (Lipinski definition) is 7. The number of phenols is 2. The quantitative estimate of drug-likeness (QED) is 0.236. The van der Waals surface area contributed by atoms with Crippen LogP contribution in [0.25, 0.3) is 0 Å². The van der Waals surface area contributed by atoms with Crippen molar-refractivity contribution in [3.05, 3.63) is 59.7 Å². The number of para-hydroxylation sites is 1. The SMILES string of the molecule is CCCCCNC(=O)C(c1ccccc1O)N(CC#N)C(=O)C(Cc1ccc(O)cc1)NC(=O)OC(C)(C)C. The molecule has 10 heteroatoms. The number of nitrogens with zero attached hydrogens (tertiary/aromatic N) is 2. The first-order valence-corrected chi connectivity index (χ1v) is 13.0. The van der Waals surface area contributed by atoms with Gasteiger partial charge in [-0.25, -0.2) is 4.79 Å². The minimum Gasteiger partial charge on any atom is -0.508 e. The largest absolute Gasteiger partial charge is 0.508 e. The summed E-state index contributed by atoms with van der Waals surface area (Å²) in [5, 5.41) is 35.3. The van der Waals surface area contributed by atoms with Crippen molar-refractivity contribution in [1.82, 2.24) is 15.5 Å². The van der Waals surface area contributed by atoms with E-state index in [2.05, 4.69) is 10.6 Å². The number of amides is 3. The fourth-order valence-corrected chi connectivity index (χ4v) is 3.94. The number of rotatable bonds is 12. The molecule has 3 amide bonds. The van der Waals surface area contributed by atoms with E-state index in [1.807, 2.05) is 13.0 Å². The summed E-state index contributed by atoms with van der Waals surface area (Å²) in [5.74, 6) is -1.45. The van der Waals surface area contributed by atoms with Gasteiger partial charge >= 0.3 is 6.09 Å². The van der Waals surface area contributed by atoms with Gasteiger partial charge in [0.05, 0.1) is 6.07 Å². The molecule has 10 nitrogen and oxygen atoms in total. The molecule has 210 valence electrons. The molecule has 2 atom stereocenters. The molecule has 4 N–H and O–H groups in total. The van der Waals surface area contributed by atoms with Crippen LogP contribution in [0.3, 0.4) is 0 Å². The fourth-order valence-electron chi connectivity index (χ4n) is 3.94. The van der Waals surface area contributed by atoms with E-state index < -0.39 is 42.1 Å². The molecule has 2 unspecified atom stereocenters. The molecule has 2 aromatic rings. The van der Waals surface area contributed by atoms with Gasteiger partial charge in [0.1, 0.15) is 35.7 Å². The third kappa shape index (κ3) is 9.85. The van der Waals surface area contributed by atoms with Crippen molar-refractivity contribution in [2.24, 2.45) is 0 Å². The summed E-state index contributed by atoms with van der Waals surface area (Å²) in [4.78, 5) is 41.2. The highest BCUT2D eigenvalue weighted by molar-refractivity contribution is 5.92. The second-order valence-electron chi connectivity index (χ2n) is 10.2. The zero-order valence-corrected chi connectivity index (χ0v) is 22.9. The molecule has 0 bridgehead atoms. The Balaban J connectivity index is 2.49. The Morgan fingerprint density at radius 1 is 1.05 bits per heavy atom. The number of benzene rings is 2. The Hall–Kier alpha value is -4.26. The van der Waals surface area contributed by atoms with Crippen LogP contribution in [0.5, 0.6) is 11.5 Å². The summed E-state index contributed by atoms with van der Waals surface area (Å²) in [6.45, 7) is 6.96. The molecular weight excluding hydrogens is 500 g/mol. The van der Waals surface area contributed by atoms with Crippen LogP contribution >= 0.6 is 0 Å². The molecule has 0 aliphatic carbocycles. The first kappa shape index (κ1) is 31.0. The van der Waals surface area contributed by atoms with Gasteiger partial charge in [-0.2, -0.15) is 5.26 Å². The Kier molecular flexibility index (Phi) is 11.6. The number of aromatic hydroxyl groups is 2. The summed E-state index contributed by atoms with van der Waals surface area (Å²) in [6, 6.07) is 11.6. The second kappa shape index (κ2) is 14.6. The number of ether oxygens (including phenoxy) is 1. The standard InChI is InChI=1S/C29H38N4O6/c1-5-6-9-17-31-26(36)25(22-10-7-8-11-24(22)35)33(18-16-30)27(37)23(32-28(38)39-29(2,3)4)19-20-12-14-21(34)15-13-20/h7-8,10-15,23,25,34-35H,5-6,9,17-19H2,1-4H3,(H,31,36)(H,32,38). The molecule has 0 saturated heterocycles. The van der Waals surface area contributed by atoms with Crippen molar-refractivity contribution in [3.63, 3.8) is 0 Å². The van der Waals surface area contributed by atoms with Gasteiger partial charge in [0, 0.05) is 18.5 Å². The number of carbonyl (C=O) groups excluding carboxylic acids is 3. The third-order valence-corrected chi connectivity index (χ3v) is 5.76. The summed E-state index contributed by atoms with van der Waals surface area (Å²) in [5.41, 5.74) is -0.0729. The maximum atomic E-state index is 14.0. The average Bonchev–Trinajstić information content (AvgIpc) is 2.86. The van der Waals surface area contributed by atoms with Crippen molar-refractivity contribution < 1.29 is 29.3 Å². The highest BCUT2D eigenvalue weighted by Crippen LogP contribution is 2.30. The van der Waals surface area contributed by atoms with Gasteiger partial charge in [0.2, 0.25) is 11.8 Å². The van der Waals surface area contributed by atoms with E-state index in [0.29, 0.717) is 12.1 Å². The van der Waals surface area contributed by atoms with Crippen LogP contribution < -0.4 is 10.6 Å². The lowest BCUT2D eigenvalue weighted by Crippen LogP contribution is -2.54. The molecule has 0 aliphatic rings. The van der Waals surface area contributed by atoms with Crippen molar-refractivity contribution in [2.45, 2.75) is 71.1 Å². The van der Waals surface area contributed by atoms with E-state index >= 15 is 0 Å². The minimum atomic E-state index is -1.33. The summed E-state index contributed by atoms with van der Waals surface area (Å²) in [6.07, 6.45) is 1.72. The average molecular weight is 539 g/mol. The summed E-state index contributed by atoms with van der Waals surface area (Å²) >= 11 is 0. The van der Waals surface area contributed by atoms with Gasteiger partial charge in [-0.1, -0.05) is 50.1 Å². The topological polar surface area (TPSA) is 152 Å². The van der Waals surface area contributed by atoms with Gasteiger partial charge in [0.15, 0.2) is 0 Å². The van der Waals surface area contributed by atoms with Crippen LogP contribution in [0.1, 0.15) is 64.1 Å². The lowest BCUT2D eigenvalue weighted by molar-refractivity contribution is -0.141. The summed E-state index contributed by atoms with van der Waals surface area (Å²) < 4.78 is 5.36. The van der Waals surface area contributed by atoms with E-state index in [1.165, 1.54) is 24.3 Å². The number of nitrogens with one attached hydrogen (secondary N) is 2. The van der Waals surface area contributed by atoms with Crippen molar-refractivity contribution in [1.29, 1.82) is 5.26 Å². The highest BCUT2D eigenvalue weighted by Gasteiger charge is 2.37. The molecule has 0 radical (unpaired) electrons. The molecule has 39 heavy (non-hydrogen) atoms. The number of carbonyl (C=O) groups is 3. The minimum absolute atomic E-state index is 0.00804. The lowest BCUT2D eigenvalue weighted by atomic mass is 9.99. The van der Waals surface area contributed by atoms with Crippen molar-refractivity contribution in [3.8, 4) is 17.6 Å². The van der Waals surface area contributed by atoms with Gasteiger partial charge in [0.25, 0.3) is 0 Å². The van der Waals surface area contributed by atoms with Gasteiger partial charge in [-0.3, -0.25) is 9.59 Å². The Bertz CT molecular complexity index is 1150. The van der Waals surface area contributed by atoms with Crippen LogP contribution in [0.15, 0.2) is 48.5 Å². The molecule has 0 spiro atoms. The van der Waals surface area contributed by atoms with Crippen molar-refractivity contribution in [2.75, 3.05) is 13.1 Å². The lowest BCUT2D eigenvalue weighted by Gasteiger charge is -2.33. The van der Waals surface area contributed by atoms with Gasteiger partial charge in [-0.05, 0) is 51.0 Å². The highest BCUT2D eigenvalue weighted by atomic mass is 16.6. The fraction of sp³-hybridized carbons (Fsp3) is 0.448. The zero-order chi connectivity index (χ0) is 29.0. The van der Waals surface area contributed by atoms with Crippen LogP contribution in [-0.4, -0.2) is 57.8 Å². The number of unbranched alkanes of at least 4 members (excludes halogenated alkanes) is 2. The third-order valence-electron chi connectivity index (χ3n) is 5.76. The number of nitriles is 1. The predicted molar refractivity (Wildman–Crippen MR) is 146 cm³/mol.